The molecule has 6 fully saturated rings. The van der Waals surface area contributed by atoms with Crippen LogP contribution in [0.1, 0.15) is 319 Å². The minimum absolute atomic E-state index is 0.0497. The number of rotatable bonds is 3. The molecule has 15 heteroatoms. The second kappa shape index (κ2) is 27.3. The van der Waals surface area contributed by atoms with Gasteiger partial charge >= 0.3 is 0 Å². The number of nitrogens with zero attached hydrogens (tertiary/aromatic N) is 15. The normalized spacial score (nSPS) is 29.3. The number of hydrogen-bond acceptors (Lipinski definition) is 10. The van der Waals surface area contributed by atoms with Gasteiger partial charge in [0.05, 0.1) is 117 Å². The summed E-state index contributed by atoms with van der Waals surface area (Å²) in [5.74, 6) is 3.54. The number of aromatic nitrogens is 10. The molecule has 7 aliphatic heterocycles. The van der Waals surface area contributed by atoms with Gasteiger partial charge in [-0.3, -0.25) is 23.4 Å². The Morgan fingerprint density at radius 2 is 0.581 bits per heavy atom. The molecule has 0 radical (unpaired) electrons. The molecule has 12 heterocycles. The van der Waals surface area contributed by atoms with E-state index in [2.05, 4.69) is 382 Å². The fourth-order valence-corrected chi connectivity index (χ4v) is 28.1. The fourth-order valence-electron chi connectivity index (χ4n) is 28.1. The Kier molecular flexibility index (Phi) is 18.5. The number of fused-ring (bicyclic) bond motifs is 15. The summed E-state index contributed by atoms with van der Waals surface area (Å²) in [6.07, 6.45) is 29.3. The van der Waals surface area contributed by atoms with E-state index in [1.165, 1.54) is 208 Å². The van der Waals surface area contributed by atoms with Crippen LogP contribution < -0.4 is 24.5 Å². The molecule has 10 aromatic rings. The third-order valence-corrected chi connectivity index (χ3v) is 35.0. The van der Waals surface area contributed by atoms with Crippen LogP contribution >= 0.6 is 0 Å². The lowest BCUT2D eigenvalue weighted by Gasteiger charge is -2.63. The molecule has 5 aromatic carbocycles. The summed E-state index contributed by atoms with van der Waals surface area (Å²) in [7, 11) is 10.6. The summed E-state index contributed by atoms with van der Waals surface area (Å²) in [5.41, 5.74) is 31.7. The van der Waals surface area contributed by atoms with E-state index in [9.17, 15) is 0 Å². The van der Waals surface area contributed by atoms with Gasteiger partial charge in [-0.1, -0.05) is 178 Å². The molecular weight excluding hydrogens is 1440 g/mol. The molecule has 618 valence electrons. The van der Waals surface area contributed by atoms with Crippen molar-refractivity contribution in [1.82, 2.24) is 48.9 Å². The van der Waals surface area contributed by atoms with Crippen LogP contribution in [0.2, 0.25) is 0 Å². The quantitative estimate of drug-likeness (QED) is 0.170. The zero-order valence-corrected chi connectivity index (χ0v) is 75.6. The number of hydrogen-bond donors (Lipinski definition) is 0. The number of aryl methyl sites for hydroxylation is 10. The number of benzene rings is 5. The first-order chi connectivity index (χ1) is 55.5. The average Bonchev–Trinajstić information content (AvgIpc) is 1.55. The summed E-state index contributed by atoms with van der Waals surface area (Å²) < 4.78 is 10.7. The van der Waals surface area contributed by atoms with E-state index in [1.54, 1.807) is 5.69 Å². The van der Waals surface area contributed by atoms with Gasteiger partial charge in [-0.15, -0.1) is 0 Å². The maximum absolute atomic E-state index is 4.74. The minimum atomic E-state index is -0.0877. The molecule has 6 saturated carbocycles. The maximum Gasteiger partial charge on any atom is 0.0886 e. The van der Waals surface area contributed by atoms with Crippen LogP contribution in [-0.4, -0.2) is 48.9 Å². The molecule has 5 aromatic heterocycles. The lowest BCUT2D eigenvalue weighted by atomic mass is 9.47. The van der Waals surface area contributed by atoms with Crippen LogP contribution in [0.3, 0.4) is 0 Å². The zero-order valence-electron chi connectivity index (χ0n) is 75.6. The Morgan fingerprint density at radius 1 is 0.299 bits per heavy atom. The van der Waals surface area contributed by atoms with Gasteiger partial charge in [0.25, 0.3) is 0 Å². The van der Waals surface area contributed by atoms with Gasteiger partial charge in [-0.2, -0.15) is 25.5 Å². The summed E-state index contributed by atoms with van der Waals surface area (Å²) >= 11 is 0. The first-order valence-electron chi connectivity index (χ1n) is 45.0. The predicted molar refractivity (Wildman–Crippen MR) is 478 cm³/mol. The van der Waals surface area contributed by atoms with E-state index >= 15 is 0 Å². The minimum Gasteiger partial charge on any atom is -0.353 e. The largest absolute Gasteiger partial charge is 0.353 e. The summed E-state index contributed by atoms with van der Waals surface area (Å²) in [6.45, 7) is 47.2. The van der Waals surface area contributed by atoms with Crippen molar-refractivity contribution in [2.24, 2.45) is 69.7 Å². The Balaban J connectivity index is 0.000000101. The molecule has 0 N–H and O–H groups in total. The van der Waals surface area contributed by atoms with Crippen LogP contribution in [0.25, 0.3) is 0 Å². The molecule has 0 amide bonds. The van der Waals surface area contributed by atoms with Crippen molar-refractivity contribution < 1.29 is 0 Å². The Labute approximate surface area is 700 Å². The van der Waals surface area contributed by atoms with Gasteiger partial charge < -0.3 is 24.5 Å². The second-order valence-corrected chi connectivity index (χ2v) is 41.0. The molecule has 3 spiro atoms. The Hall–Kier alpha value is -8.85. The molecule has 15 nitrogen and oxygen atoms in total. The summed E-state index contributed by atoms with van der Waals surface area (Å²) in [5, 5.41) is 23.1. The smallest absolute Gasteiger partial charge is 0.0886 e. The number of anilines is 5. The van der Waals surface area contributed by atoms with Crippen molar-refractivity contribution in [3.8, 4) is 0 Å². The average molecular weight is 1570 g/mol. The van der Waals surface area contributed by atoms with Crippen molar-refractivity contribution in [2.75, 3.05) is 24.5 Å². The van der Waals surface area contributed by atoms with Gasteiger partial charge in [-0.05, 0) is 233 Å². The standard InChI is InChI=1S/C23H29N3.2C21H29N3.C19H25N3.C18H23N3/c1-14-6-4-5-7-21(14)26-15(2)20-13-24-25(3)22(20)23(26)18-9-16-8-17(11-18)12-19(23)10-16;2*1-13-10-9-11-16-17(13)24-14(2)15-12-22-23(8)18(15)21(24,7)20(5,6)19(16,3)4;1-14-9-5-6-10-17(14)22-15(2)16-13-20-21(3)18(16)19(22)11-7-4-8-12-19;1-13-8-4-5-9-16(13)21-14(2)15-12-19-20(3)17(15)18(21)10-6-7-11-18/h4-7,13,15-19H,8-12H2,1-3H3;2*9-12,14H,1-8H3;5-6,9-10,13,15H,4,7-8,11-12H2,1-3H3;4-5,8-9,12,14H,6-7,10-11H2,1-3H3/t15-,16?,17?,18?,19?,23?;2*14-,21?;15-;14-/m00000/s1. The van der Waals surface area contributed by atoms with Crippen LogP contribution in [0.15, 0.2) is 140 Å². The predicted octanol–water partition coefficient (Wildman–Crippen LogP) is 23.2. The van der Waals surface area contributed by atoms with Gasteiger partial charge in [0.2, 0.25) is 0 Å². The van der Waals surface area contributed by atoms with Crippen molar-refractivity contribution in [1.29, 1.82) is 0 Å². The molecule has 13 aliphatic rings. The monoisotopic (exact) mass is 1570 g/mol. The lowest BCUT2D eigenvalue weighted by Crippen LogP contribution is -2.62. The van der Waals surface area contributed by atoms with E-state index in [1.807, 2.05) is 0 Å². The molecule has 7 atom stereocenters. The zero-order chi connectivity index (χ0) is 82.9. The first-order valence-corrected chi connectivity index (χ1v) is 45.0. The molecule has 4 bridgehead atoms. The van der Waals surface area contributed by atoms with Crippen molar-refractivity contribution in [3.05, 3.63) is 235 Å². The summed E-state index contributed by atoms with van der Waals surface area (Å²) in [4.78, 5) is 13.6. The first kappa shape index (κ1) is 79.3. The van der Waals surface area contributed by atoms with E-state index < -0.39 is 0 Å². The highest BCUT2D eigenvalue weighted by Gasteiger charge is 2.69. The van der Waals surface area contributed by atoms with Crippen molar-refractivity contribution in [2.45, 2.75) is 297 Å². The second-order valence-electron chi connectivity index (χ2n) is 41.0. The van der Waals surface area contributed by atoms with Crippen molar-refractivity contribution >= 4 is 28.4 Å². The van der Waals surface area contributed by atoms with E-state index in [-0.39, 0.29) is 49.4 Å². The molecule has 23 rings (SSSR count). The maximum atomic E-state index is 4.74. The highest BCUT2D eigenvalue weighted by atomic mass is 15.4. The van der Waals surface area contributed by atoms with Gasteiger partial charge in [-0.25, -0.2) is 0 Å². The molecule has 117 heavy (non-hydrogen) atoms. The van der Waals surface area contributed by atoms with Crippen LogP contribution in [0.5, 0.6) is 0 Å². The molecule has 2 unspecified atom stereocenters. The molecule has 0 saturated heterocycles. The third kappa shape index (κ3) is 10.5. The fraction of sp³-hybridized carbons (Fsp3) is 0.559. The highest BCUT2D eigenvalue weighted by Crippen LogP contribution is 2.72. The third-order valence-electron chi connectivity index (χ3n) is 35.0. The topological polar surface area (TPSA) is 105 Å². The van der Waals surface area contributed by atoms with E-state index in [4.69, 9.17) is 5.10 Å². The van der Waals surface area contributed by atoms with Crippen molar-refractivity contribution in [3.63, 3.8) is 0 Å². The summed E-state index contributed by atoms with van der Waals surface area (Å²) in [6, 6.07) is 42.2. The van der Waals surface area contributed by atoms with Crippen LogP contribution in [-0.2, 0) is 73.8 Å². The number of para-hydroxylation sites is 5. The van der Waals surface area contributed by atoms with E-state index in [0.717, 1.165) is 23.7 Å². The molecular formula is C102H135N15. The SMILES string of the molecule is Cc1cccc2c1N1[C@@H](C)c3cnn(C)c3C1(C)C(C)(C)C2(C)C.Cc1cccc2c1N1[C@@H](C)c3cnn(C)c3C1(C)C(C)(C)C2(C)C.Cc1ccccc1N1[C@@H](C)c2cnn(C)c2C12C1CC3CC(C1)CC2C3.Cc1ccccc1N1[C@@H](C)c2cnn(C)c2C12CCCC2.Cc1ccccc1N1[C@@H](C)c2cnn(C)c2C12CCCCC2. The molecule has 6 aliphatic carbocycles. The van der Waals surface area contributed by atoms with Gasteiger partial charge in [0.15, 0.2) is 0 Å². The van der Waals surface area contributed by atoms with Gasteiger partial charge in [0, 0.05) is 102 Å². The van der Waals surface area contributed by atoms with Crippen LogP contribution in [0.4, 0.5) is 28.4 Å². The van der Waals surface area contributed by atoms with Gasteiger partial charge in [0.1, 0.15) is 0 Å². The van der Waals surface area contributed by atoms with Crippen LogP contribution in [0, 0.1) is 69.1 Å². The lowest BCUT2D eigenvalue weighted by molar-refractivity contribution is -0.0635. The Morgan fingerprint density at radius 3 is 0.940 bits per heavy atom. The Bertz CT molecular complexity index is 5320. The van der Waals surface area contributed by atoms with E-state index in [0.29, 0.717) is 30.2 Å². The highest BCUT2D eigenvalue weighted by molar-refractivity contribution is 5.74.